The number of hydrogen-bond donors (Lipinski definition) is 3. The van der Waals surface area contributed by atoms with Gasteiger partial charge >= 0.3 is 53.1 Å². The van der Waals surface area contributed by atoms with E-state index in [0.29, 0.717) is 59.6 Å². The number of rotatable bonds is 47. The van der Waals surface area contributed by atoms with Crippen molar-refractivity contribution >= 4 is 87.3 Å². The van der Waals surface area contributed by atoms with Crippen LogP contribution in [-0.2, 0) is 66.8 Å². The van der Waals surface area contributed by atoms with E-state index in [9.17, 15) is 38.4 Å². The number of hydroxylamine groups is 2. The van der Waals surface area contributed by atoms with Gasteiger partial charge in [0.15, 0.2) is 0 Å². The summed E-state index contributed by atoms with van der Waals surface area (Å²) in [6.07, 6.45) is 57.4. The van der Waals surface area contributed by atoms with Crippen LogP contribution in [0.3, 0.4) is 0 Å². The molecule has 0 bridgehead atoms. The predicted octanol–water partition coefficient (Wildman–Crippen LogP) is 18.3. The summed E-state index contributed by atoms with van der Waals surface area (Å²) in [5.41, 5.74) is -0.320. The molecule has 19 nitrogen and oxygen atoms in total. The number of amides is 2. The van der Waals surface area contributed by atoms with Gasteiger partial charge in [-0.2, -0.15) is 6.42 Å². The van der Waals surface area contributed by atoms with E-state index in [0.717, 1.165) is 134 Å². The maximum atomic E-state index is 12.0. The first-order chi connectivity index (χ1) is 53.1. The van der Waals surface area contributed by atoms with E-state index in [-0.39, 0.29) is 139 Å². The van der Waals surface area contributed by atoms with E-state index < -0.39 is 23.9 Å². The zero-order valence-electron chi connectivity index (χ0n) is 70.9. The third-order valence-corrected chi connectivity index (χ3v) is 20.0. The molecule has 0 spiro atoms. The summed E-state index contributed by atoms with van der Waals surface area (Å²) < 4.78 is 29.5. The van der Waals surface area contributed by atoms with Crippen molar-refractivity contribution in [1.82, 2.24) is 5.06 Å². The molecule has 2 amide bonds. The Hall–Kier alpha value is -4.97. The number of nitrogens with zero attached hydrogens (tertiary/aromatic N) is 1. The zero-order chi connectivity index (χ0) is 83.8. The summed E-state index contributed by atoms with van der Waals surface area (Å²) in [7, 11) is 1.35. The standard InChI is InChI=1S/C17H28O4.C13H17NO5.2C10H16O2.3C8H14O.C7H13Br.C7H13.C3H6O2.CH4.BrH.Mg/c1-6-7-8-9-12-10-14(12)21-15(18)11-13(16(19)20-5)17(2,3)4;1-2-3-4-5-9-8-10(9)18-13(17)19-14-11(15)6-7-12(14)16;2*1-3-4-5-6-9-7-10(9)12-8(2)11;3*1-2-3-4-5-7-6-8(7)9;1-2-3-4-5-6-7-8;1-3-5-7-6-4-2;1-2-5-3-4;;;/h6,12-14H,1,7-11H2,2-5H3;2,9-10H,1,3-8H2;2*3,9-10H,1,4-7H2,2H3;3*2,7-9H,1,3-6H2;2H,1,3-7H2;3H,1-2,4-7H2;3H,2H2,1H3;1H4;1H;/q;;;;;;;;-1;;;;+2/p-1/t12-,13-,14-;3*9-,10-;3*7-,8-;;;;;;/m1110110....../s1. The van der Waals surface area contributed by atoms with Gasteiger partial charge in [-0.1, -0.05) is 123 Å². The number of carbonyl (C=O) groups is 8. The topological polar surface area (TPSA) is 265 Å². The smallest absolute Gasteiger partial charge is 1.00 e. The molecular formula is C92H155Br2MgNO18. The van der Waals surface area contributed by atoms with Crippen molar-refractivity contribution in [1.29, 1.82) is 0 Å². The normalized spacial score (nSPS) is 23.0. The molecule has 0 aromatic rings. The number of unbranched alkanes of at least 4 members (excludes halogenated alkanes) is 13. The number of methoxy groups -OCH3 is 1. The molecule has 7 saturated carbocycles. The fourth-order valence-electron chi connectivity index (χ4n) is 11.6. The molecule has 8 aliphatic rings. The Labute approximate surface area is 726 Å². The summed E-state index contributed by atoms with van der Waals surface area (Å²) in [6.45, 7) is 47.9. The Morgan fingerprint density at radius 2 is 0.781 bits per heavy atom. The molecule has 3 N–H and O–H groups in total. The molecule has 1 heterocycles. The van der Waals surface area contributed by atoms with E-state index in [1.807, 2.05) is 75.5 Å². The average Bonchev–Trinajstić information content (AvgIpc) is 1.64. The molecule has 1 aliphatic heterocycles. The van der Waals surface area contributed by atoms with Gasteiger partial charge in [0.05, 0.1) is 44.4 Å². The van der Waals surface area contributed by atoms with Gasteiger partial charge in [0.1, 0.15) is 24.4 Å². The van der Waals surface area contributed by atoms with Gasteiger partial charge in [0.25, 0.3) is 18.3 Å². The van der Waals surface area contributed by atoms with Crippen LogP contribution in [0.15, 0.2) is 114 Å². The van der Waals surface area contributed by atoms with Gasteiger partial charge in [-0.3, -0.25) is 38.4 Å². The summed E-state index contributed by atoms with van der Waals surface area (Å²) in [5, 5.41) is 28.3. The van der Waals surface area contributed by atoms with Crippen molar-refractivity contribution < 1.29 is 104 Å². The van der Waals surface area contributed by atoms with Crippen LogP contribution in [-0.4, -0.2) is 154 Å². The molecule has 15 atom stereocenters. The number of ether oxygens (including phenoxy) is 6. The van der Waals surface area contributed by atoms with Crippen LogP contribution in [0.1, 0.15) is 299 Å². The first kappa shape index (κ1) is 118. The number of aliphatic hydroxyl groups excluding tert-OH is 3. The number of carbonyl (C=O) groups excluding carboxylic acids is 8. The fourth-order valence-corrected chi connectivity index (χ4v) is 12.0. The van der Waals surface area contributed by atoms with Crippen LogP contribution in [0.2, 0.25) is 0 Å². The van der Waals surface area contributed by atoms with Crippen molar-refractivity contribution in [2.45, 2.75) is 342 Å². The SMILES string of the molecule is C.C=CCCCCCBr.C=CCCCC[CH2-].C=CCCC[C@@H]1C[C@H]1O.C=CCCC[C@@H]1C[C@H]1O.C=CCCC[C@@H]1C[C@H]1OC(=O)C[C@H](C(=O)OC)C(C)(C)C.C=CCCC[C@@H]1C[C@H]1OC(=O)ON1C(=O)CCC1=O.C=CCCC[C@@H]1C[C@H]1OC(C)=O.C=CCCC[C@H]1C[C@@H]1O.C=CCCC[C@H]1C[C@@H]1OC(C)=O.CCOC=O.[Br-].[Mg+2]. The van der Waals surface area contributed by atoms with Gasteiger partial charge in [0, 0.05) is 32.0 Å². The van der Waals surface area contributed by atoms with Crippen molar-refractivity contribution in [3.8, 4) is 0 Å². The Morgan fingerprint density at radius 1 is 0.491 bits per heavy atom. The maximum Gasteiger partial charge on any atom is 2.00 e. The Kier molecular flexibility index (Phi) is 77.9. The van der Waals surface area contributed by atoms with Gasteiger partial charge in [-0.05, 0) is 259 Å². The van der Waals surface area contributed by atoms with Crippen molar-refractivity contribution in [3.63, 3.8) is 0 Å². The van der Waals surface area contributed by atoms with Crippen molar-refractivity contribution in [2.24, 2.45) is 52.8 Å². The number of alkyl halides is 1. The molecule has 7 aliphatic carbocycles. The first-order valence-corrected chi connectivity index (χ1v) is 42.6. The molecule has 114 heavy (non-hydrogen) atoms. The Morgan fingerprint density at radius 3 is 1.03 bits per heavy atom. The molecule has 22 heteroatoms. The van der Waals surface area contributed by atoms with Crippen LogP contribution in [0, 0.1) is 59.7 Å². The second kappa shape index (κ2) is 75.5. The summed E-state index contributed by atoms with van der Waals surface area (Å²) in [5.74, 6) is 1.60. The molecular weight excluding hydrogens is 1590 g/mol. The number of imide groups is 1. The number of allylic oxidation sites excluding steroid dienone is 9. The molecule has 8 rings (SSSR count). The van der Waals surface area contributed by atoms with Gasteiger partial charge in [-0.15, -0.1) is 59.2 Å². The zero-order valence-corrected chi connectivity index (χ0v) is 75.5. The third kappa shape index (κ3) is 69.0. The first-order valence-electron chi connectivity index (χ1n) is 41.4. The average molecular weight is 1750 g/mol. The summed E-state index contributed by atoms with van der Waals surface area (Å²) >= 11 is 3.38. The molecule has 1 saturated heterocycles. The van der Waals surface area contributed by atoms with Gasteiger partial charge in [-0.25, -0.2) is 4.79 Å². The largest absolute Gasteiger partial charge is 2.00 e. The Bertz CT molecular complexity index is 2520. The minimum Gasteiger partial charge on any atom is -1.00 e. The van der Waals surface area contributed by atoms with Crippen molar-refractivity contribution in [2.75, 3.05) is 19.0 Å². The van der Waals surface area contributed by atoms with Crippen LogP contribution in [0.25, 0.3) is 0 Å². The molecule has 0 radical (unpaired) electrons. The van der Waals surface area contributed by atoms with Crippen LogP contribution < -0.4 is 17.0 Å². The van der Waals surface area contributed by atoms with Crippen LogP contribution in [0.4, 0.5) is 4.79 Å². The minimum atomic E-state index is -0.972. The third-order valence-electron chi connectivity index (χ3n) is 19.4. The molecule has 0 aromatic heterocycles. The monoisotopic (exact) mass is 1740 g/mol. The second-order valence-corrected chi connectivity index (χ2v) is 31.6. The molecule has 652 valence electrons. The van der Waals surface area contributed by atoms with Gasteiger partial charge < -0.3 is 67.6 Å². The second-order valence-electron chi connectivity index (χ2n) is 30.8. The van der Waals surface area contributed by atoms with E-state index in [2.05, 4.69) is 91.6 Å². The Balaban J connectivity index is -0.000000395. The fraction of sp³-hybridized carbons (Fsp3) is 0.707. The van der Waals surface area contributed by atoms with Crippen LogP contribution >= 0.6 is 15.9 Å². The predicted molar refractivity (Wildman–Crippen MR) is 463 cm³/mol. The van der Waals surface area contributed by atoms with E-state index in [1.54, 1.807) is 6.92 Å². The van der Waals surface area contributed by atoms with E-state index >= 15 is 0 Å². The summed E-state index contributed by atoms with van der Waals surface area (Å²) in [4.78, 5) is 92.5. The molecule has 8 fully saturated rings. The number of hydrogen-bond acceptors (Lipinski definition) is 18. The van der Waals surface area contributed by atoms with E-state index in [4.69, 9.17) is 39.0 Å². The quantitative estimate of drug-likeness (QED) is 0.00588. The van der Waals surface area contributed by atoms with Crippen LogP contribution in [0.5, 0.6) is 0 Å². The number of halogens is 2. The summed E-state index contributed by atoms with van der Waals surface area (Å²) in [6, 6.07) is 0. The molecule has 0 aromatic carbocycles. The van der Waals surface area contributed by atoms with Crippen molar-refractivity contribution in [3.05, 3.63) is 121 Å². The minimum absolute atomic E-state index is 0. The van der Waals surface area contributed by atoms with Gasteiger partial charge in [0.2, 0.25) is 0 Å². The van der Waals surface area contributed by atoms with E-state index in [1.165, 1.54) is 124 Å². The number of esters is 4. The molecule has 0 unspecified atom stereocenters. The maximum absolute atomic E-state index is 12.0. The number of aliphatic hydroxyl groups is 3.